The molecule has 0 aliphatic heterocycles. The second-order valence-corrected chi connectivity index (χ2v) is 6.64. The van der Waals surface area contributed by atoms with Crippen LogP contribution in [0.2, 0.25) is 0 Å². The summed E-state index contributed by atoms with van der Waals surface area (Å²) in [5, 5.41) is 3.04. The molecule has 0 radical (unpaired) electrons. The normalized spacial score (nSPS) is 12.4. The van der Waals surface area contributed by atoms with Crippen molar-refractivity contribution in [1.82, 2.24) is 5.32 Å². The van der Waals surface area contributed by atoms with Gasteiger partial charge in [-0.05, 0) is 31.4 Å². The average Bonchev–Trinajstić information content (AvgIpc) is 2.37. The number of nitrogen functional groups attached to an aromatic ring is 1. The SMILES string of the molecule is CC(C)CCCC(C)NC(=O)CSc1ccccc1N. The van der Waals surface area contributed by atoms with Gasteiger partial charge in [-0.25, -0.2) is 0 Å². The standard InChI is InChI=1S/C16H26N2OS/c1-12(2)7-6-8-13(3)18-16(19)11-20-15-10-5-4-9-14(15)17/h4-5,9-10,12-13H,6-8,11,17H2,1-3H3,(H,18,19). The van der Waals surface area contributed by atoms with E-state index in [1.807, 2.05) is 24.3 Å². The highest BCUT2D eigenvalue weighted by Gasteiger charge is 2.09. The third-order valence-corrected chi connectivity index (χ3v) is 4.19. The molecule has 0 saturated heterocycles. The number of nitrogens with one attached hydrogen (secondary N) is 1. The van der Waals surface area contributed by atoms with Gasteiger partial charge in [0.15, 0.2) is 0 Å². The van der Waals surface area contributed by atoms with Crippen LogP contribution in [0.25, 0.3) is 0 Å². The van der Waals surface area contributed by atoms with E-state index in [2.05, 4.69) is 26.1 Å². The zero-order valence-corrected chi connectivity index (χ0v) is 13.5. The minimum absolute atomic E-state index is 0.0790. The van der Waals surface area contributed by atoms with Gasteiger partial charge in [-0.2, -0.15) is 0 Å². The number of anilines is 1. The first-order valence-corrected chi connectivity index (χ1v) is 8.24. The lowest BCUT2D eigenvalue weighted by Gasteiger charge is -2.14. The van der Waals surface area contributed by atoms with Gasteiger partial charge in [0.05, 0.1) is 5.75 Å². The maximum absolute atomic E-state index is 11.9. The van der Waals surface area contributed by atoms with E-state index in [-0.39, 0.29) is 11.9 Å². The van der Waals surface area contributed by atoms with Crippen LogP contribution >= 0.6 is 11.8 Å². The number of hydrogen-bond donors (Lipinski definition) is 2. The van der Waals surface area contributed by atoms with Crippen LogP contribution in [0.1, 0.15) is 40.0 Å². The summed E-state index contributed by atoms with van der Waals surface area (Å²) in [5.41, 5.74) is 6.58. The van der Waals surface area contributed by atoms with Gasteiger partial charge in [-0.15, -0.1) is 11.8 Å². The van der Waals surface area contributed by atoms with Gasteiger partial charge in [0.1, 0.15) is 0 Å². The van der Waals surface area contributed by atoms with Gasteiger partial charge in [0, 0.05) is 16.6 Å². The zero-order valence-electron chi connectivity index (χ0n) is 12.7. The second-order valence-electron chi connectivity index (χ2n) is 5.62. The van der Waals surface area contributed by atoms with Gasteiger partial charge in [0.2, 0.25) is 5.91 Å². The van der Waals surface area contributed by atoms with Crippen molar-refractivity contribution in [2.45, 2.75) is 51.0 Å². The first kappa shape index (κ1) is 16.9. The second kappa shape index (κ2) is 8.90. The molecule has 1 atom stereocenters. The Bertz CT molecular complexity index is 421. The maximum atomic E-state index is 11.9. The van der Waals surface area contributed by atoms with Crippen molar-refractivity contribution in [3.63, 3.8) is 0 Å². The molecule has 0 bridgehead atoms. The molecule has 1 aromatic carbocycles. The molecule has 1 aromatic rings. The van der Waals surface area contributed by atoms with Crippen molar-refractivity contribution in [3.8, 4) is 0 Å². The molecule has 4 heteroatoms. The molecule has 1 amide bonds. The van der Waals surface area contributed by atoms with E-state index >= 15 is 0 Å². The lowest BCUT2D eigenvalue weighted by molar-refractivity contribution is -0.119. The number of hydrogen-bond acceptors (Lipinski definition) is 3. The number of rotatable bonds is 8. The highest BCUT2D eigenvalue weighted by atomic mass is 32.2. The van der Waals surface area contributed by atoms with Crippen molar-refractivity contribution in [1.29, 1.82) is 0 Å². The summed E-state index contributed by atoms with van der Waals surface area (Å²) >= 11 is 1.49. The summed E-state index contributed by atoms with van der Waals surface area (Å²) in [4.78, 5) is 12.8. The predicted molar refractivity (Wildman–Crippen MR) is 87.9 cm³/mol. The summed E-state index contributed by atoms with van der Waals surface area (Å²) in [6.45, 7) is 6.52. The third kappa shape index (κ3) is 6.85. The Morgan fingerprint density at radius 3 is 2.60 bits per heavy atom. The topological polar surface area (TPSA) is 55.1 Å². The van der Waals surface area contributed by atoms with Crippen molar-refractivity contribution < 1.29 is 4.79 Å². The summed E-state index contributed by atoms with van der Waals surface area (Å²) in [6.07, 6.45) is 3.43. The quantitative estimate of drug-likeness (QED) is 0.568. The summed E-state index contributed by atoms with van der Waals surface area (Å²) in [7, 11) is 0. The van der Waals surface area contributed by atoms with Crippen LogP contribution in [0.5, 0.6) is 0 Å². The summed E-state index contributed by atoms with van der Waals surface area (Å²) in [5.74, 6) is 1.23. The van der Waals surface area contributed by atoms with Crippen LogP contribution in [-0.2, 0) is 4.79 Å². The van der Waals surface area contributed by atoms with E-state index in [0.29, 0.717) is 5.75 Å². The van der Waals surface area contributed by atoms with Crippen LogP contribution < -0.4 is 11.1 Å². The summed E-state index contributed by atoms with van der Waals surface area (Å²) in [6, 6.07) is 7.88. The molecule has 0 spiro atoms. The first-order chi connectivity index (χ1) is 9.49. The Morgan fingerprint density at radius 2 is 1.95 bits per heavy atom. The van der Waals surface area contributed by atoms with E-state index in [1.54, 1.807) is 0 Å². The average molecular weight is 294 g/mol. The van der Waals surface area contributed by atoms with Crippen molar-refractivity contribution in [2.75, 3.05) is 11.5 Å². The van der Waals surface area contributed by atoms with Crippen LogP contribution in [0.4, 0.5) is 5.69 Å². The fraction of sp³-hybridized carbons (Fsp3) is 0.562. The minimum atomic E-state index is 0.0790. The van der Waals surface area contributed by atoms with E-state index in [1.165, 1.54) is 18.2 Å². The van der Waals surface area contributed by atoms with E-state index < -0.39 is 0 Å². The molecule has 20 heavy (non-hydrogen) atoms. The lowest BCUT2D eigenvalue weighted by atomic mass is 10.0. The first-order valence-electron chi connectivity index (χ1n) is 7.25. The molecule has 0 aromatic heterocycles. The molecule has 1 rings (SSSR count). The lowest BCUT2D eigenvalue weighted by Crippen LogP contribution is -2.33. The maximum Gasteiger partial charge on any atom is 0.230 e. The highest BCUT2D eigenvalue weighted by Crippen LogP contribution is 2.23. The molecule has 112 valence electrons. The Balaban J connectivity index is 2.24. The van der Waals surface area contributed by atoms with Gasteiger partial charge < -0.3 is 11.1 Å². The van der Waals surface area contributed by atoms with Crippen molar-refractivity contribution >= 4 is 23.4 Å². The Morgan fingerprint density at radius 1 is 1.25 bits per heavy atom. The zero-order chi connectivity index (χ0) is 15.0. The molecule has 1 unspecified atom stereocenters. The molecule has 0 heterocycles. The van der Waals surface area contributed by atoms with Crippen molar-refractivity contribution in [3.05, 3.63) is 24.3 Å². The molecule has 3 N–H and O–H groups in total. The number of carbonyl (C=O) groups excluding carboxylic acids is 1. The highest BCUT2D eigenvalue weighted by molar-refractivity contribution is 8.00. The van der Waals surface area contributed by atoms with Crippen LogP contribution in [-0.4, -0.2) is 17.7 Å². The number of thioether (sulfide) groups is 1. The molecular weight excluding hydrogens is 268 g/mol. The predicted octanol–water partition coefficient (Wildman–Crippen LogP) is 3.69. The molecule has 3 nitrogen and oxygen atoms in total. The Hall–Kier alpha value is -1.16. The fourth-order valence-corrected chi connectivity index (χ4v) is 2.76. The number of amides is 1. The number of para-hydroxylation sites is 1. The fourth-order valence-electron chi connectivity index (χ4n) is 1.98. The van der Waals surface area contributed by atoms with E-state index in [0.717, 1.165) is 29.3 Å². The third-order valence-electron chi connectivity index (χ3n) is 3.10. The molecule has 0 aliphatic rings. The number of carbonyl (C=O) groups is 1. The monoisotopic (exact) mass is 294 g/mol. The molecule has 0 aliphatic carbocycles. The smallest absolute Gasteiger partial charge is 0.230 e. The Labute approximate surface area is 126 Å². The van der Waals surface area contributed by atoms with Gasteiger partial charge in [-0.1, -0.05) is 38.8 Å². The van der Waals surface area contributed by atoms with Crippen molar-refractivity contribution in [2.24, 2.45) is 5.92 Å². The minimum Gasteiger partial charge on any atom is -0.398 e. The number of benzene rings is 1. The Kier molecular flexibility index (Phi) is 7.52. The van der Waals surface area contributed by atoms with Crippen LogP contribution in [0.15, 0.2) is 29.2 Å². The number of nitrogens with two attached hydrogens (primary N) is 1. The molecular formula is C16H26N2OS. The molecule has 0 saturated carbocycles. The van der Waals surface area contributed by atoms with E-state index in [4.69, 9.17) is 5.73 Å². The van der Waals surface area contributed by atoms with Crippen LogP contribution in [0.3, 0.4) is 0 Å². The van der Waals surface area contributed by atoms with E-state index in [9.17, 15) is 4.79 Å². The largest absolute Gasteiger partial charge is 0.398 e. The molecule has 0 fully saturated rings. The van der Waals surface area contributed by atoms with Gasteiger partial charge >= 0.3 is 0 Å². The van der Waals surface area contributed by atoms with Gasteiger partial charge in [-0.3, -0.25) is 4.79 Å². The van der Waals surface area contributed by atoms with Gasteiger partial charge in [0.25, 0.3) is 0 Å². The summed E-state index contributed by atoms with van der Waals surface area (Å²) < 4.78 is 0. The van der Waals surface area contributed by atoms with Crippen LogP contribution in [0, 0.1) is 5.92 Å².